The number of methoxy groups -OCH3 is 1. The number of hydrogen-bond acceptors (Lipinski definition) is 4. The van der Waals surface area contributed by atoms with Gasteiger partial charge in [0.1, 0.15) is 6.61 Å². The third kappa shape index (κ3) is 4.28. The van der Waals surface area contributed by atoms with Crippen molar-refractivity contribution >= 4 is 39.1 Å². The Morgan fingerprint density at radius 3 is 2.67 bits per heavy atom. The second kappa shape index (κ2) is 7.38. The summed E-state index contributed by atoms with van der Waals surface area (Å²) < 4.78 is 5.80. The standard InChI is InChI=1S/C14H19BrN2O3S/c1-9-7-11(21-13(9)15)14(19)17-5-3-10(4-6-17)16-12(18)8-20-2/h7,10H,3-6,8H2,1-2H3,(H,16,18). The quantitative estimate of drug-likeness (QED) is 0.878. The zero-order valence-electron chi connectivity index (χ0n) is 12.1. The molecule has 1 aliphatic rings. The van der Waals surface area contributed by atoms with Gasteiger partial charge in [0.2, 0.25) is 5.91 Å². The number of carbonyl (C=O) groups excluding carboxylic acids is 2. The van der Waals surface area contributed by atoms with Crippen molar-refractivity contribution in [3.63, 3.8) is 0 Å². The van der Waals surface area contributed by atoms with Crippen LogP contribution in [0, 0.1) is 6.92 Å². The zero-order valence-corrected chi connectivity index (χ0v) is 14.6. The summed E-state index contributed by atoms with van der Waals surface area (Å²) >= 11 is 4.92. The lowest BCUT2D eigenvalue weighted by Gasteiger charge is -2.32. The van der Waals surface area contributed by atoms with Crippen LogP contribution in [0.4, 0.5) is 0 Å². The van der Waals surface area contributed by atoms with E-state index < -0.39 is 0 Å². The van der Waals surface area contributed by atoms with E-state index in [9.17, 15) is 9.59 Å². The van der Waals surface area contributed by atoms with Gasteiger partial charge in [-0.05, 0) is 47.3 Å². The smallest absolute Gasteiger partial charge is 0.263 e. The number of ether oxygens (including phenoxy) is 1. The van der Waals surface area contributed by atoms with E-state index in [0.29, 0.717) is 13.1 Å². The van der Waals surface area contributed by atoms with Crippen LogP contribution in [0.3, 0.4) is 0 Å². The molecule has 0 aliphatic carbocycles. The van der Waals surface area contributed by atoms with Gasteiger partial charge in [-0.3, -0.25) is 9.59 Å². The Balaban J connectivity index is 1.86. The monoisotopic (exact) mass is 374 g/mol. The first-order chi connectivity index (χ1) is 10.0. The lowest BCUT2D eigenvalue weighted by atomic mass is 10.0. The summed E-state index contributed by atoms with van der Waals surface area (Å²) in [7, 11) is 1.50. The van der Waals surface area contributed by atoms with Gasteiger partial charge in [0.05, 0.1) is 8.66 Å². The lowest BCUT2D eigenvalue weighted by molar-refractivity contribution is -0.125. The molecule has 0 atom stereocenters. The molecule has 1 aromatic heterocycles. The second-order valence-corrected chi connectivity index (χ2v) is 7.50. The number of likely N-dealkylation sites (tertiary alicyclic amines) is 1. The molecule has 0 spiro atoms. The van der Waals surface area contributed by atoms with Crippen LogP contribution in [-0.2, 0) is 9.53 Å². The number of piperidine rings is 1. The molecule has 7 heteroatoms. The molecule has 0 bridgehead atoms. The highest BCUT2D eigenvalue weighted by molar-refractivity contribution is 9.11. The van der Waals surface area contributed by atoms with E-state index in [2.05, 4.69) is 21.2 Å². The van der Waals surface area contributed by atoms with Gasteiger partial charge in [-0.15, -0.1) is 11.3 Å². The van der Waals surface area contributed by atoms with Gasteiger partial charge < -0.3 is 15.0 Å². The number of carbonyl (C=O) groups is 2. The number of amides is 2. The van der Waals surface area contributed by atoms with Gasteiger partial charge in [-0.2, -0.15) is 0 Å². The minimum absolute atomic E-state index is 0.0791. The summed E-state index contributed by atoms with van der Waals surface area (Å²) in [6.07, 6.45) is 1.57. The Bertz CT molecular complexity index is 505. The van der Waals surface area contributed by atoms with Crippen molar-refractivity contribution in [2.45, 2.75) is 25.8 Å². The number of halogens is 1. The van der Waals surface area contributed by atoms with E-state index in [1.165, 1.54) is 18.4 Å². The normalized spacial score (nSPS) is 16.0. The first kappa shape index (κ1) is 16.5. The summed E-state index contributed by atoms with van der Waals surface area (Å²) in [6.45, 7) is 3.41. The molecule has 2 amide bonds. The molecule has 0 aromatic carbocycles. The number of hydrogen-bond donors (Lipinski definition) is 1. The molecule has 116 valence electrons. The number of rotatable bonds is 4. The fourth-order valence-corrected chi connectivity index (χ4v) is 3.85. The third-order valence-corrected chi connectivity index (χ3v) is 5.62. The Kier molecular flexibility index (Phi) is 5.78. The van der Waals surface area contributed by atoms with Gasteiger partial charge >= 0.3 is 0 Å². The topological polar surface area (TPSA) is 58.6 Å². The van der Waals surface area contributed by atoms with Crippen LogP contribution in [0.5, 0.6) is 0 Å². The highest BCUT2D eigenvalue weighted by atomic mass is 79.9. The summed E-state index contributed by atoms with van der Waals surface area (Å²) in [5.41, 5.74) is 1.09. The molecular weight excluding hydrogens is 356 g/mol. The molecule has 1 fully saturated rings. The molecule has 0 unspecified atom stereocenters. The zero-order chi connectivity index (χ0) is 15.4. The maximum atomic E-state index is 12.4. The molecule has 0 radical (unpaired) electrons. The van der Waals surface area contributed by atoms with Gasteiger partial charge in [0, 0.05) is 26.2 Å². The van der Waals surface area contributed by atoms with Crippen LogP contribution in [-0.4, -0.2) is 49.6 Å². The van der Waals surface area contributed by atoms with E-state index in [-0.39, 0.29) is 24.5 Å². The van der Waals surface area contributed by atoms with Crippen molar-refractivity contribution in [3.8, 4) is 0 Å². The molecule has 2 rings (SSSR count). The molecule has 2 heterocycles. The molecular formula is C14H19BrN2O3S. The number of nitrogens with one attached hydrogen (secondary N) is 1. The summed E-state index contributed by atoms with van der Waals surface area (Å²) in [5, 5.41) is 2.93. The molecule has 1 aromatic rings. The van der Waals surface area contributed by atoms with Gasteiger partial charge in [-0.1, -0.05) is 0 Å². The molecule has 5 nitrogen and oxygen atoms in total. The Labute approximate surface area is 136 Å². The summed E-state index contributed by atoms with van der Waals surface area (Å²) in [5.74, 6) is -0.0180. The maximum Gasteiger partial charge on any atom is 0.263 e. The Hall–Kier alpha value is -0.920. The second-order valence-electron chi connectivity index (χ2n) is 5.13. The van der Waals surface area contributed by atoms with Gasteiger partial charge in [-0.25, -0.2) is 0 Å². The molecule has 0 saturated carbocycles. The fourth-order valence-electron chi connectivity index (χ4n) is 2.35. The van der Waals surface area contributed by atoms with Crippen LogP contribution in [0.15, 0.2) is 9.85 Å². The molecule has 1 N–H and O–H groups in total. The Morgan fingerprint density at radius 2 is 2.14 bits per heavy atom. The minimum Gasteiger partial charge on any atom is -0.375 e. The highest BCUT2D eigenvalue weighted by Crippen LogP contribution is 2.28. The predicted octanol–water partition coefficient (Wildman–Crippen LogP) is 2.19. The first-order valence-electron chi connectivity index (χ1n) is 6.84. The van der Waals surface area contributed by atoms with Crippen LogP contribution < -0.4 is 5.32 Å². The summed E-state index contributed by atoms with van der Waals surface area (Å²) in [4.78, 5) is 26.5. The number of thiophene rings is 1. The van der Waals surface area contributed by atoms with Crippen molar-refractivity contribution in [2.24, 2.45) is 0 Å². The minimum atomic E-state index is -0.0971. The van der Waals surface area contributed by atoms with Crippen LogP contribution in [0.2, 0.25) is 0 Å². The lowest BCUT2D eigenvalue weighted by Crippen LogP contribution is -2.47. The van der Waals surface area contributed by atoms with Gasteiger partial charge in [0.25, 0.3) is 5.91 Å². The third-order valence-electron chi connectivity index (χ3n) is 3.49. The largest absolute Gasteiger partial charge is 0.375 e. The average Bonchev–Trinajstić information content (AvgIpc) is 2.79. The van der Waals surface area contributed by atoms with Crippen molar-refractivity contribution < 1.29 is 14.3 Å². The number of aryl methyl sites for hydroxylation is 1. The van der Waals surface area contributed by atoms with Crippen LogP contribution in [0.1, 0.15) is 28.1 Å². The molecule has 21 heavy (non-hydrogen) atoms. The van der Waals surface area contributed by atoms with E-state index in [0.717, 1.165) is 27.1 Å². The molecule has 1 aliphatic heterocycles. The van der Waals surface area contributed by atoms with Crippen LogP contribution in [0.25, 0.3) is 0 Å². The predicted molar refractivity (Wildman–Crippen MR) is 85.7 cm³/mol. The average molecular weight is 375 g/mol. The first-order valence-corrected chi connectivity index (χ1v) is 8.45. The van der Waals surface area contributed by atoms with Crippen molar-refractivity contribution in [3.05, 3.63) is 20.3 Å². The molecule has 1 saturated heterocycles. The van der Waals surface area contributed by atoms with Gasteiger partial charge in [0.15, 0.2) is 0 Å². The fraction of sp³-hybridized carbons (Fsp3) is 0.571. The van der Waals surface area contributed by atoms with Crippen LogP contribution >= 0.6 is 27.3 Å². The van der Waals surface area contributed by atoms with Crippen molar-refractivity contribution in [1.29, 1.82) is 0 Å². The van der Waals surface area contributed by atoms with E-state index in [4.69, 9.17) is 4.74 Å². The number of nitrogens with zero attached hydrogens (tertiary/aromatic N) is 1. The van der Waals surface area contributed by atoms with E-state index in [1.54, 1.807) is 0 Å². The SMILES string of the molecule is COCC(=O)NC1CCN(C(=O)c2cc(C)c(Br)s2)CC1. The van der Waals surface area contributed by atoms with Crippen molar-refractivity contribution in [1.82, 2.24) is 10.2 Å². The van der Waals surface area contributed by atoms with E-state index in [1.807, 2.05) is 17.9 Å². The van der Waals surface area contributed by atoms with E-state index >= 15 is 0 Å². The van der Waals surface area contributed by atoms with Crippen molar-refractivity contribution in [2.75, 3.05) is 26.8 Å². The Morgan fingerprint density at radius 1 is 1.48 bits per heavy atom. The highest BCUT2D eigenvalue weighted by Gasteiger charge is 2.25. The summed E-state index contributed by atoms with van der Waals surface area (Å²) in [6, 6.07) is 2.05. The maximum absolute atomic E-state index is 12.4.